The number of hydrogen-bond acceptors (Lipinski definition) is 7. The van der Waals surface area contributed by atoms with E-state index >= 15 is 0 Å². The quantitative estimate of drug-likeness (QED) is 0.474. The molecule has 3 aliphatic rings. The van der Waals surface area contributed by atoms with Crippen LogP contribution in [0.5, 0.6) is 5.75 Å². The number of aliphatic carboxylic acids is 1. The van der Waals surface area contributed by atoms with Gasteiger partial charge in [-0.1, -0.05) is 35.9 Å². The van der Waals surface area contributed by atoms with Gasteiger partial charge in [0.15, 0.2) is 17.3 Å². The van der Waals surface area contributed by atoms with Gasteiger partial charge in [0.1, 0.15) is 4.90 Å². The number of carboxylic acids is 1. The Labute approximate surface area is 225 Å². The number of rotatable bonds is 7. The molecule has 0 saturated carbocycles. The van der Waals surface area contributed by atoms with Crippen LogP contribution in [0.2, 0.25) is 5.02 Å². The van der Waals surface area contributed by atoms with E-state index in [1.54, 1.807) is 30.3 Å². The second kappa shape index (κ2) is 10.4. The van der Waals surface area contributed by atoms with Gasteiger partial charge in [0.25, 0.3) is 0 Å². The van der Waals surface area contributed by atoms with Crippen molar-refractivity contribution in [1.82, 2.24) is 4.90 Å². The average molecular weight is 556 g/mol. The number of halogens is 1. The molecule has 1 heterocycles. The molecule has 1 N–H and O–H groups in total. The van der Waals surface area contributed by atoms with E-state index in [1.807, 2.05) is 4.90 Å². The Hall–Kier alpha value is -3.43. The standard InChI is InChI=1S/C28H26ClNO7S/c29-19-16-17(12-13-24(19)37-38(35,36)18-6-2-1-3-7-18)26-27-20(8-4-10-22(27)31)30(15-14-25(33)34)21-9-5-11-23(32)28(21)26/h1-3,6-7,12-13,16,26H,4-5,8-11,14-15H2,(H,33,34). The highest BCUT2D eigenvalue weighted by molar-refractivity contribution is 7.87. The maximum atomic E-state index is 13.3. The molecule has 0 bridgehead atoms. The third kappa shape index (κ3) is 4.88. The highest BCUT2D eigenvalue weighted by Gasteiger charge is 2.43. The molecule has 38 heavy (non-hydrogen) atoms. The lowest BCUT2D eigenvalue weighted by molar-refractivity contribution is -0.137. The van der Waals surface area contributed by atoms with Gasteiger partial charge in [0, 0.05) is 47.8 Å². The third-order valence-electron chi connectivity index (χ3n) is 7.16. The summed E-state index contributed by atoms with van der Waals surface area (Å²) >= 11 is 6.51. The zero-order chi connectivity index (χ0) is 27.0. The summed E-state index contributed by atoms with van der Waals surface area (Å²) in [6.07, 6.45) is 3.06. The lowest BCUT2D eigenvalue weighted by Gasteiger charge is -2.44. The molecule has 5 rings (SSSR count). The van der Waals surface area contributed by atoms with E-state index in [0.29, 0.717) is 55.2 Å². The fourth-order valence-electron chi connectivity index (χ4n) is 5.54. The van der Waals surface area contributed by atoms with Crippen LogP contribution in [0.15, 0.2) is 76.0 Å². The minimum atomic E-state index is -4.12. The van der Waals surface area contributed by atoms with E-state index in [1.165, 1.54) is 18.2 Å². The number of nitrogens with zero attached hydrogens (tertiary/aromatic N) is 1. The summed E-state index contributed by atoms with van der Waals surface area (Å²) in [5.41, 5.74) is 3.12. The van der Waals surface area contributed by atoms with Crippen LogP contribution >= 0.6 is 11.6 Å². The Morgan fingerprint density at radius 2 is 1.55 bits per heavy atom. The van der Waals surface area contributed by atoms with Crippen molar-refractivity contribution in [1.29, 1.82) is 0 Å². The molecule has 1 aliphatic heterocycles. The van der Waals surface area contributed by atoms with Gasteiger partial charge in [-0.25, -0.2) is 0 Å². The van der Waals surface area contributed by atoms with Gasteiger partial charge < -0.3 is 14.2 Å². The fraction of sp³-hybridized carbons (Fsp3) is 0.321. The number of carbonyl (C=O) groups is 3. The second-order valence-corrected chi connectivity index (χ2v) is 11.5. The summed E-state index contributed by atoms with van der Waals surface area (Å²) in [6, 6.07) is 12.3. The Morgan fingerprint density at radius 1 is 0.947 bits per heavy atom. The van der Waals surface area contributed by atoms with E-state index < -0.39 is 22.0 Å². The van der Waals surface area contributed by atoms with Gasteiger partial charge in [-0.2, -0.15) is 8.42 Å². The first-order valence-electron chi connectivity index (χ1n) is 12.5. The normalized spacial score (nSPS) is 18.4. The molecule has 0 aromatic heterocycles. The summed E-state index contributed by atoms with van der Waals surface area (Å²) in [7, 11) is -4.12. The van der Waals surface area contributed by atoms with E-state index in [2.05, 4.69) is 0 Å². The Morgan fingerprint density at radius 3 is 2.11 bits per heavy atom. The van der Waals surface area contributed by atoms with Crippen LogP contribution in [0.3, 0.4) is 0 Å². The predicted molar refractivity (Wildman–Crippen MR) is 139 cm³/mol. The molecule has 2 aliphatic carbocycles. The molecule has 2 aromatic rings. The van der Waals surface area contributed by atoms with E-state index in [0.717, 1.165) is 11.4 Å². The molecule has 2 aromatic carbocycles. The first kappa shape index (κ1) is 26.2. The molecule has 0 saturated heterocycles. The van der Waals surface area contributed by atoms with Crippen molar-refractivity contribution in [2.75, 3.05) is 6.54 Å². The predicted octanol–water partition coefficient (Wildman–Crippen LogP) is 5.00. The zero-order valence-electron chi connectivity index (χ0n) is 20.5. The molecule has 0 spiro atoms. The number of benzene rings is 2. The molecule has 0 unspecified atom stereocenters. The van der Waals surface area contributed by atoms with Crippen LogP contribution in [0.25, 0.3) is 0 Å². The Bertz CT molecular complexity index is 1450. The van der Waals surface area contributed by atoms with Crippen molar-refractivity contribution in [3.8, 4) is 5.75 Å². The third-order valence-corrected chi connectivity index (χ3v) is 8.70. The zero-order valence-corrected chi connectivity index (χ0v) is 22.1. The van der Waals surface area contributed by atoms with E-state index in [4.69, 9.17) is 15.8 Å². The Balaban J connectivity index is 1.58. The number of ketones is 2. The summed E-state index contributed by atoms with van der Waals surface area (Å²) in [5, 5.41) is 9.35. The Kier molecular flexibility index (Phi) is 7.15. The van der Waals surface area contributed by atoms with Gasteiger partial charge in [-0.3, -0.25) is 14.4 Å². The minimum Gasteiger partial charge on any atom is -0.481 e. The molecule has 0 amide bonds. The van der Waals surface area contributed by atoms with Gasteiger partial charge in [0.2, 0.25) is 0 Å². The maximum absolute atomic E-state index is 13.3. The summed E-state index contributed by atoms with van der Waals surface area (Å²) < 4.78 is 30.7. The smallest absolute Gasteiger partial charge is 0.339 e. The molecule has 198 valence electrons. The van der Waals surface area contributed by atoms with Crippen LogP contribution in [0, 0.1) is 0 Å². The number of Topliss-reactive ketones (excluding diaryl/α,β-unsaturated/α-hetero) is 2. The number of allylic oxidation sites excluding steroid dienone is 4. The largest absolute Gasteiger partial charge is 0.481 e. The molecule has 10 heteroatoms. The molecule has 0 atom stereocenters. The first-order valence-corrected chi connectivity index (χ1v) is 14.3. The van der Waals surface area contributed by atoms with Gasteiger partial charge in [-0.05, 0) is 55.5 Å². The van der Waals surface area contributed by atoms with E-state index in [-0.39, 0.29) is 40.2 Å². The van der Waals surface area contributed by atoms with Crippen molar-refractivity contribution < 1.29 is 32.1 Å². The number of carbonyl (C=O) groups excluding carboxylic acids is 2. The summed E-state index contributed by atoms with van der Waals surface area (Å²) in [6.45, 7) is 0.186. The summed E-state index contributed by atoms with van der Waals surface area (Å²) in [5.74, 6) is -1.83. The lowest BCUT2D eigenvalue weighted by atomic mass is 9.71. The fourth-order valence-corrected chi connectivity index (χ4v) is 6.79. The van der Waals surface area contributed by atoms with Crippen molar-refractivity contribution in [3.05, 3.63) is 81.7 Å². The number of hydrogen-bond donors (Lipinski definition) is 1. The highest BCUT2D eigenvalue weighted by atomic mass is 35.5. The average Bonchev–Trinajstić information content (AvgIpc) is 2.89. The van der Waals surface area contributed by atoms with Crippen LogP contribution in [0.1, 0.15) is 56.4 Å². The molecular formula is C28H26ClNO7S. The van der Waals surface area contributed by atoms with Crippen molar-refractivity contribution in [2.24, 2.45) is 0 Å². The molecular weight excluding hydrogens is 530 g/mol. The van der Waals surface area contributed by atoms with Gasteiger partial charge >= 0.3 is 16.1 Å². The van der Waals surface area contributed by atoms with Crippen LogP contribution in [-0.4, -0.2) is 42.5 Å². The van der Waals surface area contributed by atoms with E-state index in [9.17, 15) is 27.9 Å². The van der Waals surface area contributed by atoms with Crippen LogP contribution in [0.4, 0.5) is 0 Å². The van der Waals surface area contributed by atoms with Gasteiger partial charge in [-0.15, -0.1) is 0 Å². The molecule has 0 radical (unpaired) electrons. The minimum absolute atomic E-state index is 0.0147. The van der Waals surface area contributed by atoms with Crippen LogP contribution in [-0.2, 0) is 24.5 Å². The van der Waals surface area contributed by atoms with Crippen molar-refractivity contribution in [3.63, 3.8) is 0 Å². The van der Waals surface area contributed by atoms with Crippen molar-refractivity contribution in [2.45, 2.75) is 55.8 Å². The first-order chi connectivity index (χ1) is 18.2. The topological polar surface area (TPSA) is 118 Å². The SMILES string of the molecule is O=C(O)CCN1C2=C(C(=O)CCC2)C(c2ccc(OS(=O)(=O)c3ccccc3)c(Cl)c2)C2=C1CCCC2=O. The highest BCUT2D eigenvalue weighted by Crippen LogP contribution is 2.49. The molecule has 8 nitrogen and oxygen atoms in total. The maximum Gasteiger partial charge on any atom is 0.339 e. The van der Waals surface area contributed by atoms with Crippen LogP contribution < -0.4 is 4.18 Å². The lowest BCUT2D eigenvalue weighted by Crippen LogP contribution is -2.39. The van der Waals surface area contributed by atoms with Gasteiger partial charge in [0.05, 0.1) is 11.4 Å². The number of carboxylic acid groups (broad SMARTS) is 1. The van der Waals surface area contributed by atoms with Crippen molar-refractivity contribution >= 4 is 39.3 Å². The summed E-state index contributed by atoms with van der Waals surface area (Å²) in [4.78, 5) is 39.8. The monoisotopic (exact) mass is 555 g/mol. The second-order valence-electron chi connectivity index (χ2n) is 9.54. The molecule has 0 fully saturated rings.